The van der Waals surface area contributed by atoms with Gasteiger partial charge in [0, 0.05) is 5.56 Å². The first-order valence-electron chi connectivity index (χ1n) is 5.12. The van der Waals surface area contributed by atoms with Gasteiger partial charge in [-0.1, -0.05) is 11.6 Å². The molecule has 2 aromatic rings. The Kier molecular flexibility index (Phi) is 3.48. The largest absolute Gasteiger partial charge is 0.508 e. The molecule has 0 radical (unpaired) electrons. The molecule has 0 saturated heterocycles. The van der Waals surface area contributed by atoms with Crippen molar-refractivity contribution in [2.75, 3.05) is 5.32 Å². The van der Waals surface area contributed by atoms with Crippen molar-refractivity contribution in [1.82, 2.24) is 0 Å². The Morgan fingerprint density at radius 2 is 1.83 bits per heavy atom. The van der Waals surface area contributed by atoms with Gasteiger partial charge in [0.05, 0.1) is 10.7 Å². The van der Waals surface area contributed by atoms with Crippen LogP contribution in [0.5, 0.6) is 5.75 Å². The third kappa shape index (κ3) is 2.78. The lowest BCUT2D eigenvalue weighted by Crippen LogP contribution is -2.12. The maximum absolute atomic E-state index is 12.8. The minimum Gasteiger partial charge on any atom is -0.508 e. The Balaban J connectivity index is 2.18. The highest BCUT2D eigenvalue weighted by Gasteiger charge is 2.08. The second-order valence-electron chi connectivity index (χ2n) is 3.63. The van der Waals surface area contributed by atoms with Crippen molar-refractivity contribution in [3.05, 3.63) is 58.9 Å². The number of anilines is 1. The molecule has 0 atom stereocenters. The van der Waals surface area contributed by atoms with Crippen molar-refractivity contribution in [1.29, 1.82) is 0 Å². The van der Waals surface area contributed by atoms with Gasteiger partial charge in [0.25, 0.3) is 5.91 Å². The topological polar surface area (TPSA) is 49.3 Å². The van der Waals surface area contributed by atoms with E-state index in [2.05, 4.69) is 5.32 Å². The fourth-order valence-corrected chi connectivity index (χ4v) is 1.61. The Labute approximate surface area is 108 Å². The monoisotopic (exact) mass is 265 g/mol. The van der Waals surface area contributed by atoms with E-state index < -0.39 is 5.82 Å². The number of phenols is 1. The first kappa shape index (κ1) is 12.4. The average Bonchev–Trinajstić information content (AvgIpc) is 2.33. The van der Waals surface area contributed by atoms with Crippen molar-refractivity contribution < 1.29 is 14.3 Å². The first-order valence-corrected chi connectivity index (χ1v) is 5.49. The van der Waals surface area contributed by atoms with Crippen LogP contribution in [0.4, 0.5) is 10.1 Å². The van der Waals surface area contributed by atoms with Crippen molar-refractivity contribution in [3.8, 4) is 5.75 Å². The third-order valence-corrected chi connectivity index (χ3v) is 2.62. The fraction of sp³-hybridized carbons (Fsp3) is 0. The summed E-state index contributed by atoms with van der Waals surface area (Å²) in [5.74, 6) is -0.780. The molecule has 1 amide bonds. The SMILES string of the molecule is O=C(Nc1ccc(F)cc1Cl)c1ccc(O)cc1. The van der Waals surface area contributed by atoms with Gasteiger partial charge in [0.15, 0.2) is 0 Å². The second-order valence-corrected chi connectivity index (χ2v) is 4.03. The zero-order valence-electron chi connectivity index (χ0n) is 9.15. The van der Waals surface area contributed by atoms with Crippen molar-refractivity contribution in [2.45, 2.75) is 0 Å². The van der Waals surface area contributed by atoms with Crippen LogP contribution in [-0.4, -0.2) is 11.0 Å². The molecule has 3 nitrogen and oxygen atoms in total. The second kappa shape index (κ2) is 5.06. The van der Waals surface area contributed by atoms with Gasteiger partial charge in [-0.2, -0.15) is 0 Å². The van der Waals surface area contributed by atoms with E-state index in [1.54, 1.807) is 0 Å². The van der Waals surface area contributed by atoms with Crippen LogP contribution < -0.4 is 5.32 Å². The van der Waals surface area contributed by atoms with E-state index >= 15 is 0 Å². The number of hydrogen-bond donors (Lipinski definition) is 2. The molecule has 5 heteroatoms. The predicted molar refractivity (Wildman–Crippen MR) is 67.5 cm³/mol. The minimum absolute atomic E-state index is 0.0753. The quantitative estimate of drug-likeness (QED) is 0.874. The van der Waals surface area contributed by atoms with Gasteiger partial charge in [-0.3, -0.25) is 4.79 Å². The van der Waals surface area contributed by atoms with Crippen LogP contribution in [0.2, 0.25) is 5.02 Å². The molecule has 0 saturated carbocycles. The number of amides is 1. The molecule has 0 fully saturated rings. The fourth-order valence-electron chi connectivity index (χ4n) is 1.40. The van der Waals surface area contributed by atoms with Gasteiger partial charge in [0.1, 0.15) is 11.6 Å². The van der Waals surface area contributed by atoms with E-state index in [1.165, 1.54) is 36.4 Å². The van der Waals surface area contributed by atoms with Crippen LogP contribution in [0.25, 0.3) is 0 Å². The Morgan fingerprint density at radius 1 is 1.17 bits per heavy atom. The van der Waals surface area contributed by atoms with Gasteiger partial charge >= 0.3 is 0 Å². The number of carbonyl (C=O) groups excluding carboxylic acids is 1. The maximum atomic E-state index is 12.8. The van der Waals surface area contributed by atoms with Crippen LogP contribution in [-0.2, 0) is 0 Å². The van der Waals surface area contributed by atoms with Gasteiger partial charge in [-0.05, 0) is 42.5 Å². The van der Waals surface area contributed by atoms with Crippen molar-refractivity contribution in [3.63, 3.8) is 0 Å². The van der Waals surface area contributed by atoms with Crippen molar-refractivity contribution in [2.24, 2.45) is 0 Å². The molecule has 0 bridgehead atoms. The van der Waals surface area contributed by atoms with Crippen LogP contribution in [0.1, 0.15) is 10.4 Å². The maximum Gasteiger partial charge on any atom is 0.255 e. The third-order valence-electron chi connectivity index (χ3n) is 2.31. The van der Waals surface area contributed by atoms with E-state index in [4.69, 9.17) is 16.7 Å². The molecule has 2 N–H and O–H groups in total. The summed E-state index contributed by atoms with van der Waals surface area (Å²) in [5, 5.41) is 11.8. The molecule has 2 rings (SSSR count). The standard InChI is InChI=1S/C13H9ClFNO2/c14-11-7-9(15)3-6-12(11)16-13(18)8-1-4-10(17)5-2-8/h1-7,17H,(H,16,18). The Bertz CT molecular complexity index is 584. The normalized spacial score (nSPS) is 10.1. The zero-order valence-corrected chi connectivity index (χ0v) is 9.91. The number of phenolic OH excluding ortho intramolecular Hbond substituents is 1. The summed E-state index contributed by atoms with van der Waals surface area (Å²) >= 11 is 5.79. The lowest BCUT2D eigenvalue weighted by molar-refractivity contribution is 0.102. The molecule has 0 aliphatic carbocycles. The van der Waals surface area contributed by atoms with Crippen LogP contribution in [0.3, 0.4) is 0 Å². The van der Waals surface area contributed by atoms with Crippen LogP contribution >= 0.6 is 11.6 Å². The zero-order chi connectivity index (χ0) is 13.1. The van der Waals surface area contributed by atoms with Gasteiger partial charge in [-0.25, -0.2) is 4.39 Å². The highest BCUT2D eigenvalue weighted by atomic mass is 35.5. The first-order chi connectivity index (χ1) is 8.56. The molecule has 0 aromatic heterocycles. The number of nitrogens with one attached hydrogen (secondary N) is 1. The molecular weight excluding hydrogens is 257 g/mol. The highest BCUT2D eigenvalue weighted by molar-refractivity contribution is 6.33. The Morgan fingerprint density at radius 3 is 2.44 bits per heavy atom. The number of aromatic hydroxyl groups is 1. The minimum atomic E-state index is -0.470. The summed E-state index contributed by atoms with van der Waals surface area (Å²) in [6.45, 7) is 0. The van der Waals surface area contributed by atoms with E-state index in [1.807, 2.05) is 0 Å². The highest BCUT2D eigenvalue weighted by Crippen LogP contribution is 2.23. The Hall–Kier alpha value is -2.07. The van der Waals surface area contributed by atoms with Gasteiger partial charge in [-0.15, -0.1) is 0 Å². The van der Waals surface area contributed by atoms with Gasteiger partial charge < -0.3 is 10.4 Å². The molecule has 2 aromatic carbocycles. The van der Waals surface area contributed by atoms with Crippen LogP contribution in [0, 0.1) is 5.82 Å². The van der Waals surface area contributed by atoms with E-state index in [-0.39, 0.29) is 16.7 Å². The van der Waals surface area contributed by atoms with E-state index in [9.17, 15) is 9.18 Å². The number of halogens is 2. The summed E-state index contributed by atoms with van der Waals surface area (Å²) in [4.78, 5) is 11.8. The molecule has 92 valence electrons. The van der Waals surface area contributed by atoms with Gasteiger partial charge in [0.2, 0.25) is 0 Å². The molecule has 0 aliphatic rings. The number of hydrogen-bond acceptors (Lipinski definition) is 2. The summed E-state index contributed by atoms with van der Waals surface area (Å²) < 4.78 is 12.8. The van der Waals surface area contributed by atoms with E-state index in [0.717, 1.165) is 6.07 Å². The molecule has 0 spiro atoms. The lowest BCUT2D eigenvalue weighted by Gasteiger charge is -2.07. The smallest absolute Gasteiger partial charge is 0.255 e. The van der Waals surface area contributed by atoms with Crippen LogP contribution in [0.15, 0.2) is 42.5 Å². The predicted octanol–water partition coefficient (Wildman–Crippen LogP) is 3.44. The molecular formula is C13H9ClFNO2. The summed E-state index contributed by atoms with van der Waals surface area (Å²) in [7, 11) is 0. The summed E-state index contributed by atoms with van der Waals surface area (Å²) in [5.41, 5.74) is 0.698. The van der Waals surface area contributed by atoms with E-state index in [0.29, 0.717) is 11.3 Å². The summed E-state index contributed by atoms with van der Waals surface area (Å²) in [6.07, 6.45) is 0. The average molecular weight is 266 g/mol. The summed E-state index contributed by atoms with van der Waals surface area (Å²) in [6, 6.07) is 9.47. The molecule has 0 aliphatic heterocycles. The number of benzene rings is 2. The molecule has 0 unspecified atom stereocenters. The lowest BCUT2D eigenvalue weighted by atomic mass is 10.2. The number of rotatable bonds is 2. The van der Waals surface area contributed by atoms with Crippen molar-refractivity contribution >= 4 is 23.2 Å². The molecule has 18 heavy (non-hydrogen) atoms. The molecule has 0 heterocycles. The number of carbonyl (C=O) groups is 1.